The second-order valence-corrected chi connectivity index (χ2v) is 7.86. The van der Waals surface area contributed by atoms with Crippen LogP contribution in [0.25, 0.3) is 0 Å². The van der Waals surface area contributed by atoms with Gasteiger partial charge in [0.1, 0.15) is 5.82 Å². The first-order valence-electron chi connectivity index (χ1n) is 9.81. The summed E-state index contributed by atoms with van der Waals surface area (Å²) in [6, 6.07) is 15.7. The first-order valence-corrected chi connectivity index (χ1v) is 9.81. The average molecular weight is 396 g/mol. The fourth-order valence-corrected chi connectivity index (χ4v) is 4.21. The smallest absolute Gasteiger partial charge is 0.317 e. The van der Waals surface area contributed by atoms with Crippen molar-refractivity contribution in [2.45, 2.75) is 18.5 Å². The maximum atomic E-state index is 13.3. The molecule has 4 rings (SSSR count). The summed E-state index contributed by atoms with van der Waals surface area (Å²) in [5, 5.41) is 2.88. The highest BCUT2D eigenvalue weighted by Crippen LogP contribution is 2.33. The van der Waals surface area contributed by atoms with Crippen LogP contribution in [0.3, 0.4) is 0 Å². The van der Waals surface area contributed by atoms with Gasteiger partial charge in [-0.15, -0.1) is 0 Å². The number of para-hydroxylation sites is 1. The van der Waals surface area contributed by atoms with Crippen molar-refractivity contribution in [3.05, 3.63) is 66.0 Å². The standard InChI is InChI=1S/C22H25FN4O2/c1-25-14-20(28)27(19-8-3-2-4-9-19)16-22(25)10-11-26(15-22)21(29)24-13-17-6-5-7-18(23)12-17/h2-9,12H,10-11,13-16H2,1H3,(H,24,29)/t22-/m0/s1. The van der Waals surface area contributed by atoms with Crippen LogP contribution in [0.5, 0.6) is 0 Å². The van der Waals surface area contributed by atoms with Crippen LogP contribution < -0.4 is 10.2 Å². The monoisotopic (exact) mass is 396 g/mol. The second-order valence-electron chi connectivity index (χ2n) is 7.86. The summed E-state index contributed by atoms with van der Waals surface area (Å²) in [6.45, 7) is 2.34. The molecule has 2 aromatic carbocycles. The molecule has 0 radical (unpaired) electrons. The zero-order valence-corrected chi connectivity index (χ0v) is 16.5. The summed E-state index contributed by atoms with van der Waals surface area (Å²) in [5.41, 5.74) is 1.35. The molecule has 6 nitrogen and oxygen atoms in total. The van der Waals surface area contributed by atoms with Crippen LogP contribution in [0.2, 0.25) is 0 Å². The highest BCUT2D eigenvalue weighted by molar-refractivity contribution is 5.96. The van der Waals surface area contributed by atoms with Gasteiger partial charge < -0.3 is 15.1 Å². The number of likely N-dealkylation sites (tertiary alicyclic amines) is 1. The number of hydrogen-bond acceptors (Lipinski definition) is 3. The Hall–Kier alpha value is -2.93. The number of benzene rings is 2. The Balaban J connectivity index is 1.42. The number of hydrogen-bond donors (Lipinski definition) is 1. The Bertz CT molecular complexity index is 907. The van der Waals surface area contributed by atoms with Gasteiger partial charge in [0.05, 0.1) is 12.1 Å². The second kappa shape index (κ2) is 7.83. The van der Waals surface area contributed by atoms with Gasteiger partial charge >= 0.3 is 6.03 Å². The van der Waals surface area contributed by atoms with E-state index in [0.29, 0.717) is 26.2 Å². The number of rotatable bonds is 3. The normalized spacial score (nSPS) is 22.3. The molecule has 0 unspecified atom stereocenters. The number of carbonyl (C=O) groups excluding carboxylic acids is 2. The Kier molecular flexibility index (Phi) is 5.24. The average Bonchev–Trinajstić information content (AvgIpc) is 3.15. The Morgan fingerprint density at radius 2 is 1.93 bits per heavy atom. The fourth-order valence-electron chi connectivity index (χ4n) is 4.21. The quantitative estimate of drug-likeness (QED) is 0.867. The lowest BCUT2D eigenvalue weighted by molar-refractivity contribution is -0.123. The van der Waals surface area contributed by atoms with Crippen molar-refractivity contribution in [3.63, 3.8) is 0 Å². The number of halogens is 1. The van der Waals surface area contributed by atoms with Gasteiger partial charge in [-0.2, -0.15) is 0 Å². The first kappa shape index (κ1) is 19.4. The summed E-state index contributed by atoms with van der Waals surface area (Å²) < 4.78 is 13.3. The van der Waals surface area contributed by atoms with Crippen molar-refractivity contribution in [2.75, 3.05) is 38.1 Å². The lowest BCUT2D eigenvalue weighted by Gasteiger charge is -2.46. The molecule has 29 heavy (non-hydrogen) atoms. The number of piperazine rings is 1. The molecule has 0 bridgehead atoms. The molecule has 1 atom stereocenters. The van der Waals surface area contributed by atoms with Gasteiger partial charge in [-0.25, -0.2) is 9.18 Å². The summed E-state index contributed by atoms with van der Waals surface area (Å²) in [4.78, 5) is 31.0. The van der Waals surface area contributed by atoms with Crippen molar-refractivity contribution in [2.24, 2.45) is 0 Å². The van der Waals surface area contributed by atoms with Gasteiger partial charge in [0, 0.05) is 31.9 Å². The maximum absolute atomic E-state index is 13.3. The SMILES string of the molecule is CN1CC(=O)N(c2ccccc2)C[C@@]12CCN(C(=O)NCc1cccc(F)c1)C2. The lowest BCUT2D eigenvalue weighted by atomic mass is 9.92. The third kappa shape index (κ3) is 3.96. The molecule has 2 saturated heterocycles. The van der Waals surface area contributed by atoms with E-state index in [1.807, 2.05) is 42.3 Å². The Morgan fingerprint density at radius 3 is 2.69 bits per heavy atom. The maximum Gasteiger partial charge on any atom is 0.317 e. The summed E-state index contributed by atoms with van der Waals surface area (Å²) >= 11 is 0. The largest absolute Gasteiger partial charge is 0.334 e. The van der Waals surface area contributed by atoms with Crippen LogP contribution in [0.1, 0.15) is 12.0 Å². The number of anilines is 1. The summed E-state index contributed by atoms with van der Waals surface area (Å²) in [7, 11) is 1.95. The molecule has 2 fully saturated rings. The molecule has 1 N–H and O–H groups in total. The molecule has 0 aliphatic carbocycles. The van der Waals surface area contributed by atoms with Crippen molar-refractivity contribution in [3.8, 4) is 0 Å². The van der Waals surface area contributed by atoms with Crippen LogP contribution in [0.4, 0.5) is 14.9 Å². The minimum Gasteiger partial charge on any atom is -0.334 e. The van der Waals surface area contributed by atoms with Crippen molar-refractivity contribution in [1.29, 1.82) is 0 Å². The van der Waals surface area contributed by atoms with Crippen LogP contribution in [-0.2, 0) is 11.3 Å². The van der Waals surface area contributed by atoms with Gasteiger partial charge in [0.2, 0.25) is 5.91 Å². The van der Waals surface area contributed by atoms with Gasteiger partial charge in [-0.3, -0.25) is 9.69 Å². The lowest BCUT2D eigenvalue weighted by Crippen LogP contribution is -2.64. The van der Waals surface area contributed by atoms with E-state index in [2.05, 4.69) is 10.2 Å². The number of urea groups is 1. The Labute approximate surface area is 169 Å². The summed E-state index contributed by atoms with van der Waals surface area (Å²) in [6.07, 6.45) is 0.799. The number of likely N-dealkylation sites (N-methyl/N-ethyl adjacent to an activating group) is 1. The highest BCUT2D eigenvalue weighted by Gasteiger charge is 2.48. The third-order valence-electron chi connectivity index (χ3n) is 5.96. The number of nitrogens with one attached hydrogen (secondary N) is 1. The van der Waals surface area contributed by atoms with E-state index in [-0.39, 0.29) is 29.8 Å². The fraction of sp³-hybridized carbons (Fsp3) is 0.364. The van der Waals surface area contributed by atoms with Crippen LogP contribution >= 0.6 is 0 Å². The highest BCUT2D eigenvalue weighted by atomic mass is 19.1. The molecule has 2 aliphatic rings. The van der Waals surface area contributed by atoms with E-state index in [0.717, 1.165) is 17.7 Å². The molecule has 2 heterocycles. The molecule has 2 aromatic rings. The van der Waals surface area contributed by atoms with Crippen LogP contribution in [-0.4, -0.2) is 60.5 Å². The third-order valence-corrected chi connectivity index (χ3v) is 5.96. The van der Waals surface area contributed by atoms with E-state index in [9.17, 15) is 14.0 Å². The number of nitrogens with zero attached hydrogens (tertiary/aromatic N) is 3. The zero-order valence-electron chi connectivity index (χ0n) is 16.5. The Morgan fingerprint density at radius 1 is 1.14 bits per heavy atom. The molecular weight excluding hydrogens is 371 g/mol. The number of carbonyl (C=O) groups is 2. The molecule has 152 valence electrons. The topological polar surface area (TPSA) is 55.9 Å². The molecule has 1 spiro atoms. The minimum atomic E-state index is -0.314. The molecular formula is C22H25FN4O2. The van der Waals surface area contributed by atoms with Crippen molar-refractivity contribution < 1.29 is 14.0 Å². The molecule has 3 amide bonds. The van der Waals surface area contributed by atoms with E-state index in [1.165, 1.54) is 12.1 Å². The molecule has 0 saturated carbocycles. The van der Waals surface area contributed by atoms with Gasteiger partial charge in [-0.1, -0.05) is 30.3 Å². The van der Waals surface area contributed by atoms with E-state index in [1.54, 1.807) is 17.0 Å². The zero-order chi connectivity index (χ0) is 20.4. The van der Waals surface area contributed by atoms with E-state index in [4.69, 9.17) is 0 Å². The predicted molar refractivity (Wildman–Crippen MR) is 109 cm³/mol. The first-order chi connectivity index (χ1) is 14.0. The van der Waals surface area contributed by atoms with E-state index >= 15 is 0 Å². The van der Waals surface area contributed by atoms with Crippen LogP contribution in [0.15, 0.2) is 54.6 Å². The predicted octanol–water partition coefficient (Wildman–Crippen LogP) is 2.46. The molecule has 2 aliphatic heterocycles. The van der Waals surface area contributed by atoms with Gasteiger partial charge in [0.25, 0.3) is 0 Å². The van der Waals surface area contributed by atoms with Gasteiger partial charge in [-0.05, 0) is 43.3 Å². The van der Waals surface area contributed by atoms with Crippen molar-refractivity contribution in [1.82, 2.24) is 15.1 Å². The minimum absolute atomic E-state index is 0.0679. The van der Waals surface area contributed by atoms with E-state index < -0.39 is 0 Å². The molecule has 0 aromatic heterocycles. The summed E-state index contributed by atoms with van der Waals surface area (Å²) in [5.74, 6) is -0.246. The van der Waals surface area contributed by atoms with Gasteiger partial charge in [0.15, 0.2) is 0 Å². The molecule has 7 heteroatoms. The number of amides is 3. The van der Waals surface area contributed by atoms with Crippen molar-refractivity contribution >= 4 is 17.6 Å². The van der Waals surface area contributed by atoms with Crippen LogP contribution in [0, 0.1) is 5.82 Å².